The zero-order chi connectivity index (χ0) is 7.56. The fourth-order valence-corrected chi connectivity index (χ4v) is 1.16. The second-order valence-electron chi connectivity index (χ2n) is 2.68. The molecule has 1 saturated heterocycles. The monoisotopic (exact) mass is 144 g/mol. The van der Waals surface area contributed by atoms with Crippen molar-refractivity contribution in [2.75, 3.05) is 6.61 Å². The summed E-state index contributed by atoms with van der Waals surface area (Å²) in [5.41, 5.74) is 0. The molecule has 0 saturated carbocycles. The molecule has 1 aliphatic heterocycles. The van der Waals surface area contributed by atoms with Crippen molar-refractivity contribution >= 4 is 5.97 Å². The standard InChI is InChI=1S/C7H12O3/c1-5(7(8)9)6-3-2-4-10-6/h5-6H,2-4H2,1H3,(H,8,9)/t5-,6-/m0/s1. The molecule has 0 amide bonds. The summed E-state index contributed by atoms with van der Waals surface area (Å²) < 4.78 is 5.20. The Kier molecular flexibility index (Phi) is 2.27. The molecule has 1 N–H and O–H groups in total. The highest BCUT2D eigenvalue weighted by Gasteiger charge is 2.26. The van der Waals surface area contributed by atoms with Gasteiger partial charge in [-0.3, -0.25) is 4.79 Å². The van der Waals surface area contributed by atoms with Gasteiger partial charge in [-0.15, -0.1) is 0 Å². The van der Waals surface area contributed by atoms with Gasteiger partial charge in [0.05, 0.1) is 12.0 Å². The Morgan fingerprint density at radius 3 is 2.90 bits per heavy atom. The average molecular weight is 144 g/mol. The van der Waals surface area contributed by atoms with Crippen LogP contribution in [0.1, 0.15) is 19.8 Å². The molecule has 0 aromatic heterocycles. The molecular weight excluding hydrogens is 132 g/mol. The summed E-state index contributed by atoms with van der Waals surface area (Å²) in [6.07, 6.45) is 1.85. The zero-order valence-corrected chi connectivity index (χ0v) is 6.04. The predicted molar refractivity (Wildman–Crippen MR) is 35.8 cm³/mol. The van der Waals surface area contributed by atoms with E-state index in [0.29, 0.717) is 0 Å². The van der Waals surface area contributed by atoms with E-state index < -0.39 is 5.97 Å². The van der Waals surface area contributed by atoms with Gasteiger partial charge in [0.1, 0.15) is 0 Å². The lowest BCUT2D eigenvalue weighted by atomic mass is 10.0. The number of carbonyl (C=O) groups is 1. The number of hydrogen-bond donors (Lipinski definition) is 1. The van der Waals surface area contributed by atoms with Crippen molar-refractivity contribution in [1.29, 1.82) is 0 Å². The first-order valence-electron chi connectivity index (χ1n) is 3.56. The number of carboxylic acid groups (broad SMARTS) is 1. The van der Waals surface area contributed by atoms with Crippen LogP contribution in [0.25, 0.3) is 0 Å². The van der Waals surface area contributed by atoms with Crippen molar-refractivity contribution in [3.63, 3.8) is 0 Å². The summed E-state index contributed by atoms with van der Waals surface area (Å²) >= 11 is 0. The van der Waals surface area contributed by atoms with Gasteiger partial charge in [-0.05, 0) is 19.8 Å². The molecular formula is C7H12O3. The van der Waals surface area contributed by atoms with E-state index in [-0.39, 0.29) is 12.0 Å². The molecule has 1 heterocycles. The van der Waals surface area contributed by atoms with Crippen LogP contribution >= 0.6 is 0 Å². The second kappa shape index (κ2) is 3.01. The Bertz CT molecular complexity index is 127. The lowest BCUT2D eigenvalue weighted by Crippen LogP contribution is -2.24. The second-order valence-corrected chi connectivity index (χ2v) is 2.68. The van der Waals surface area contributed by atoms with E-state index in [2.05, 4.69) is 0 Å². The Labute approximate surface area is 60.0 Å². The smallest absolute Gasteiger partial charge is 0.308 e. The molecule has 58 valence electrons. The largest absolute Gasteiger partial charge is 0.481 e. The van der Waals surface area contributed by atoms with Crippen molar-refractivity contribution in [2.24, 2.45) is 5.92 Å². The molecule has 0 aliphatic carbocycles. The Morgan fingerprint density at radius 2 is 2.50 bits per heavy atom. The minimum atomic E-state index is -0.757. The summed E-state index contributed by atoms with van der Waals surface area (Å²) in [4.78, 5) is 10.4. The molecule has 0 aromatic rings. The van der Waals surface area contributed by atoms with Gasteiger partial charge in [0.25, 0.3) is 0 Å². The van der Waals surface area contributed by atoms with Gasteiger partial charge in [-0.25, -0.2) is 0 Å². The lowest BCUT2D eigenvalue weighted by Gasteiger charge is -2.12. The molecule has 10 heavy (non-hydrogen) atoms. The maximum Gasteiger partial charge on any atom is 0.308 e. The molecule has 0 unspecified atom stereocenters. The van der Waals surface area contributed by atoms with Crippen molar-refractivity contribution in [3.05, 3.63) is 0 Å². The van der Waals surface area contributed by atoms with E-state index in [4.69, 9.17) is 9.84 Å². The number of ether oxygens (including phenoxy) is 1. The Hall–Kier alpha value is -0.570. The van der Waals surface area contributed by atoms with Crippen molar-refractivity contribution in [2.45, 2.75) is 25.9 Å². The maximum atomic E-state index is 10.4. The fraction of sp³-hybridized carbons (Fsp3) is 0.857. The van der Waals surface area contributed by atoms with E-state index >= 15 is 0 Å². The molecule has 1 fully saturated rings. The van der Waals surface area contributed by atoms with Gasteiger partial charge in [0, 0.05) is 6.61 Å². The third-order valence-corrected chi connectivity index (χ3v) is 1.91. The Balaban J connectivity index is 2.39. The molecule has 0 radical (unpaired) electrons. The van der Waals surface area contributed by atoms with E-state index in [0.717, 1.165) is 19.4 Å². The third kappa shape index (κ3) is 1.48. The van der Waals surface area contributed by atoms with Crippen LogP contribution in [0.5, 0.6) is 0 Å². The SMILES string of the molecule is C[C@H](C(=O)O)[C@@H]1CCCO1. The topological polar surface area (TPSA) is 46.5 Å². The van der Waals surface area contributed by atoms with Crippen molar-refractivity contribution < 1.29 is 14.6 Å². The van der Waals surface area contributed by atoms with Crippen molar-refractivity contribution in [3.8, 4) is 0 Å². The molecule has 2 atom stereocenters. The highest BCUT2D eigenvalue weighted by molar-refractivity contribution is 5.70. The summed E-state index contributed by atoms with van der Waals surface area (Å²) in [7, 11) is 0. The quantitative estimate of drug-likeness (QED) is 0.626. The van der Waals surface area contributed by atoms with Crippen LogP contribution in [0.2, 0.25) is 0 Å². The molecule has 3 heteroatoms. The highest BCUT2D eigenvalue weighted by Crippen LogP contribution is 2.19. The van der Waals surface area contributed by atoms with Gasteiger partial charge in [-0.1, -0.05) is 0 Å². The van der Waals surface area contributed by atoms with E-state index in [9.17, 15) is 4.79 Å². The highest BCUT2D eigenvalue weighted by atomic mass is 16.5. The summed E-state index contributed by atoms with van der Waals surface area (Å²) in [6, 6.07) is 0. The van der Waals surface area contributed by atoms with Crippen LogP contribution in [0.3, 0.4) is 0 Å². The molecule has 0 aromatic carbocycles. The van der Waals surface area contributed by atoms with Crippen LogP contribution in [-0.2, 0) is 9.53 Å². The lowest BCUT2D eigenvalue weighted by molar-refractivity contribution is -0.145. The summed E-state index contributed by atoms with van der Waals surface area (Å²) in [5, 5.41) is 8.56. The first-order valence-corrected chi connectivity index (χ1v) is 3.56. The predicted octanol–water partition coefficient (Wildman–Crippen LogP) is 0.886. The first kappa shape index (κ1) is 7.54. The number of carboxylic acids is 1. The number of rotatable bonds is 2. The van der Waals surface area contributed by atoms with E-state index in [1.807, 2.05) is 0 Å². The van der Waals surface area contributed by atoms with Gasteiger partial charge < -0.3 is 9.84 Å². The van der Waals surface area contributed by atoms with Gasteiger partial charge >= 0.3 is 5.97 Å². The summed E-state index contributed by atoms with van der Waals surface area (Å²) in [5.74, 6) is -1.10. The van der Waals surface area contributed by atoms with Gasteiger partial charge in [0.2, 0.25) is 0 Å². The number of hydrogen-bond acceptors (Lipinski definition) is 2. The minimum Gasteiger partial charge on any atom is -0.481 e. The first-order chi connectivity index (χ1) is 4.72. The zero-order valence-electron chi connectivity index (χ0n) is 6.04. The Morgan fingerprint density at radius 1 is 1.80 bits per heavy atom. The van der Waals surface area contributed by atoms with E-state index in [1.165, 1.54) is 0 Å². The molecule has 3 nitrogen and oxygen atoms in total. The summed E-state index contributed by atoms with van der Waals surface area (Å²) in [6.45, 7) is 2.42. The normalized spacial score (nSPS) is 28.3. The third-order valence-electron chi connectivity index (χ3n) is 1.91. The molecule has 1 rings (SSSR count). The van der Waals surface area contributed by atoms with E-state index in [1.54, 1.807) is 6.92 Å². The molecule has 0 spiro atoms. The average Bonchev–Trinajstić information content (AvgIpc) is 2.36. The fourth-order valence-electron chi connectivity index (χ4n) is 1.16. The van der Waals surface area contributed by atoms with Gasteiger partial charge in [0.15, 0.2) is 0 Å². The van der Waals surface area contributed by atoms with Crippen LogP contribution in [0.4, 0.5) is 0 Å². The van der Waals surface area contributed by atoms with Crippen molar-refractivity contribution in [1.82, 2.24) is 0 Å². The minimum absolute atomic E-state index is 0.0440. The number of aliphatic carboxylic acids is 1. The van der Waals surface area contributed by atoms with Crippen LogP contribution < -0.4 is 0 Å². The van der Waals surface area contributed by atoms with Crippen LogP contribution in [-0.4, -0.2) is 23.8 Å². The van der Waals surface area contributed by atoms with Crippen LogP contribution in [0, 0.1) is 5.92 Å². The van der Waals surface area contributed by atoms with Gasteiger partial charge in [-0.2, -0.15) is 0 Å². The maximum absolute atomic E-state index is 10.4. The molecule has 1 aliphatic rings. The van der Waals surface area contributed by atoms with Crippen LogP contribution in [0.15, 0.2) is 0 Å². The molecule has 0 bridgehead atoms.